The number of anilines is 1. The number of aromatic carboxylic acids is 1. The van der Waals surface area contributed by atoms with Gasteiger partial charge in [-0.15, -0.1) is 0 Å². The molecule has 0 bridgehead atoms. The Bertz CT molecular complexity index is 772. The van der Waals surface area contributed by atoms with Gasteiger partial charge < -0.3 is 10.4 Å². The Kier molecular flexibility index (Phi) is 7.23. The van der Waals surface area contributed by atoms with E-state index in [9.17, 15) is 18.3 Å². The van der Waals surface area contributed by atoms with Gasteiger partial charge in [0.15, 0.2) is 0 Å². The summed E-state index contributed by atoms with van der Waals surface area (Å²) in [6.45, 7) is 4.28. The number of carboxylic acids is 1. The average molecular weight is 381 g/mol. The van der Waals surface area contributed by atoms with Gasteiger partial charge in [-0.3, -0.25) is 0 Å². The van der Waals surface area contributed by atoms with Gasteiger partial charge in [-0.1, -0.05) is 18.6 Å². The predicted molar refractivity (Wildman–Crippen MR) is 103 cm³/mol. The van der Waals surface area contributed by atoms with Gasteiger partial charge in [0.25, 0.3) is 0 Å². The van der Waals surface area contributed by atoms with Gasteiger partial charge in [-0.2, -0.15) is 0 Å². The number of nitrogens with one attached hydrogen (secondary N) is 2. The normalized spacial score (nSPS) is 16.0. The molecule has 0 aliphatic heterocycles. The Morgan fingerprint density at radius 1 is 1.31 bits per heavy atom. The van der Waals surface area contributed by atoms with Gasteiger partial charge in [0.2, 0.25) is 10.0 Å². The first-order valence-electron chi connectivity index (χ1n) is 9.15. The Morgan fingerprint density at radius 3 is 2.69 bits per heavy atom. The van der Waals surface area contributed by atoms with Crippen LogP contribution in [-0.4, -0.2) is 32.1 Å². The number of carbonyl (C=O) groups is 1. The zero-order chi connectivity index (χ0) is 19.2. The molecule has 7 heteroatoms. The lowest BCUT2D eigenvalue weighted by atomic mass is 9.97. The van der Waals surface area contributed by atoms with Crippen molar-refractivity contribution in [3.63, 3.8) is 0 Å². The summed E-state index contributed by atoms with van der Waals surface area (Å²) < 4.78 is 28.0. The summed E-state index contributed by atoms with van der Waals surface area (Å²) in [5, 5.41) is 12.4. The van der Waals surface area contributed by atoms with Crippen molar-refractivity contribution in [3.05, 3.63) is 35.4 Å². The maximum atomic E-state index is 12.7. The molecule has 1 aliphatic carbocycles. The van der Waals surface area contributed by atoms with Crippen molar-refractivity contribution in [1.82, 2.24) is 4.72 Å². The van der Waals surface area contributed by atoms with Gasteiger partial charge >= 0.3 is 5.97 Å². The van der Waals surface area contributed by atoms with Crippen LogP contribution in [0.5, 0.6) is 0 Å². The number of carboxylic acid groups (broad SMARTS) is 1. The summed E-state index contributed by atoms with van der Waals surface area (Å²) in [6.07, 6.45) is 8.42. The quantitative estimate of drug-likeness (QED) is 0.567. The summed E-state index contributed by atoms with van der Waals surface area (Å²) in [6, 6.07) is 3.94. The van der Waals surface area contributed by atoms with Crippen LogP contribution in [0.15, 0.2) is 34.7 Å². The van der Waals surface area contributed by atoms with E-state index in [0.717, 1.165) is 19.3 Å². The molecule has 1 aromatic carbocycles. The highest BCUT2D eigenvalue weighted by Gasteiger charge is 2.22. The van der Waals surface area contributed by atoms with E-state index in [1.807, 2.05) is 6.92 Å². The van der Waals surface area contributed by atoms with E-state index in [4.69, 9.17) is 0 Å². The van der Waals surface area contributed by atoms with Crippen molar-refractivity contribution >= 4 is 21.7 Å². The first kappa shape index (κ1) is 20.5. The minimum absolute atomic E-state index is 0.0182. The number of hydrogen-bond acceptors (Lipinski definition) is 4. The average Bonchev–Trinajstić information content (AvgIpc) is 2.62. The van der Waals surface area contributed by atoms with Crippen LogP contribution in [0, 0.1) is 0 Å². The second kappa shape index (κ2) is 9.19. The monoisotopic (exact) mass is 380 g/mol. The van der Waals surface area contributed by atoms with Crippen molar-refractivity contribution in [3.8, 4) is 0 Å². The molecule has 0 saturated heterocycles. The zero-order valence-corrected chi connectivity index (χ0v) is 16.2. The summed E-state index contributed by atoms with van der Waals surface area (Å²) in [4.78, 5) is 11.2. The van der Waals surface area contributed by atoms with E-state index >= 15 is 0 Å². The van der Waals surface area contributed by atoms with Gasteiger partial charge in [0.05, 0.1) is 11.3 Å². The van der Waals surface area contributed by atoms with E-state index in [2.05, 4.69) is 16.1 Å². The van der Waals surface area contributed by atoms with Crippen molar-refractivity contribution < 1.29 is 18.3 Å². The maximum absolute atomic E-state index is 12.7. The fourth-order valence-electron chi connectivity index (χ4n) is 2.92. The second-order valence-electron chi connectivity index (χ2n) is 6.73. The van der Waals surface area contributed by atoms with E-state index < -0.39 is 16.0 Å². The molecule has 0 heterocycles. The molecule has 144 valence electrons. The first-order chi connectivity index (χ1) is 12.3. The molecule has 0 amide bonds. The molecule has 0 unspecified atom stereocenters. The molecule has 1 atom stereocenters. The SMILES string of the molecule is CC[C@@H](C)NS(=O)(=O)c1cc(C(=O)O)ccc1NCCC1=CCCCC1. The predicted octanol–water partition coefficient (Wildman–Crippen LogP) is 3.76. The van der Waals surface area contributed by atoms with E-state index in [-0.39, 0.29) is 16.5 Å². The Morgan fingerprint density at radius 2 is 2.08 bits per heavy atom. The third-order valence-electron chi connectivity index (χ3n) is 4.63. The Labute approximate surface area is 155 Å². The number of sulfonamides is 1. The van der Waals surface area contributed by atoms with Crippen LogP contribution in [0.25, 0.3) is 0 Å². The highest BCUT2D eigenvalue weighted by atomic mass is 32.2. The zero-order valence-electron chi connectivity index (χ0n) is 15.4. The lowest BCUT2D eigenvalue weighted by Gasteiger charge is -2.18. The van der Waals surface area contributed by atoms with E-state index in [1.54, 1.807) is 6.92 Å². The molecular formula is C19H28N2O4S. The summed E-state index contributed by atoms with van der Waals surface area (Å²) >= 11 is 0. The number of allylic oxidation sites excluding steroid dienone is 1. The van der Waals surface area contributed by atoms with Gasteiger partial charge in [0, 0.05) is 12.6 Å². The molecule has 0 aromatic heterocycles. The molecular weight excluding hydrogens is 352 g/mol. The largest absolute Gasteiger partial charge is 0.478 e. The molecule has 26 heavy (non-hydrogen) atoms. The maximum Gasteiger partial charge on any atom is 0.335 e. The smallest absolute Gasteiger partial charge is 0.335 e. The van der Waals surface area contributed by atoms with Crippen molar-refractivity contribution in [2.75, 3.05) is 11.9 Å². The molecule has 0 radical (unpaired) electrons. The Balaban J connectivity index is 2.21. The molecule has 6 nitrogen and oxygen atoms in total. The number of rotatable bonds is 9. The molecule has 0 fully saturated rings. The molecule has 0 spiro atoms. The molecule has 2 rings (SSSR count). The van der Waals surface area contributed by atoms with E-state index in [1.165, 1.54) is 36.6 Å². The van der Waals surface area contributed by atoms with Crippen molar-refractivity contribution in [2.24, 2.45) is 0 Å². The topological polar surface area (TPSA) is 95.5 Å². The Hall–Kier alpha value is -1.86. The number of benzene rings is 1. The van der Waals surface area contributed by atoms with Crippen LogP contribution >= 0.6 is 0 Å². The van der Waals surface area contributed by atoms with Crippen molar-refractivity contribution in [1.29, 1.82) is 0 Å². The summed E-state index contributed by atoms with van der Waals surface area (Å²) in [7, 11) is -3.80. The van der Waals surface area contributed by atoms with Crippen LogP contribution in [0.1, 0.15) is 62.7 Å². The van der Waals surface area contributed by atoms with E-state index in [0.29, 0.717) is 18.7 Å². The fourth-order valence-corrected chi connectivity index (χ4v) is 4.46. The first-order valence-corrected chi connectivity index (χ1v) is 10.6. The van der Waals surface area contributed by atoms with Crippen LogP contribution in [-0.2, 0) is 10.0 Å². The number of hydrogen-bond donors (Lipinski definition) is 3. The van der Waals surface area contributed by atoms with Gasteiger partial charge in [-0.05, 0) is 63.6 Å². The van der Waals surface area contributed by atoms with Crippen LogP contribution in [0.4, 0.5) is 5.69 Å². The molecule has 0 saturated carbocycles. The fraction of sp³-hybridized carbons (Fsp3) is 0.526. The standard InChI is InChI=1S/C19H28N2O4S/c1-3-14(2)21-26(24,25)18-13-16(19(22)23)9-10-17(18)20-12-11-15-7-5-4-6-8-15/h7,9-10,13-14,20-21H,3-6,8,11-12H2,1-2H3,(H,22,23)/t14-/m1/s1. The molecule has 3 N–H and O–H groups in total. The minimum Gasteiger partial charge on any atom is -0.478 e. The van der Waals surface area contributed by atoms with Crippen LogP contribution < -0.4 is 10.0 Å². The summed E-state index contributed by atoms with van der Waals surface area (Å²) in [5.74, 6) is -1.15. The van der Waals surface area contributed by atoms with Crippen LogP contribution in [0.2, 0.25) is 0 Å². The highest BCUT2D eigenvalue weighted by molar-refractivity contribution is 7.89. The lowest BCUT2D eigenvalue weighted by molar-refractivity contribution is 0.0696. The second-order valence-corrected chi connectivity index (χ2v) is 8.41. The third kappa shape index (κ3) is 5.57. The summed E-state index contributed by atoms with van der Waals surface area (Å²) in [5.41, 5.74) is 1.78. The molecule has 1 aliphatic rings. The van der Waals surface area contributed by atoms with Crippen molar-refractivity contribution in [2.45, 2.75) is 63.3 Å². The van der Waals surface area contributed by atoms with Gasteiger partial charge in [0.1, 0.15) is 4.90 Å². The van der Waals surface area contributed by atoms with Gasteiger partial charge in [-0.25, -0.2) is 17.9 Å². The molecule has 1 aromatic rings. The minimum atomic E-state index is -3.80. The lowest BCUT2D eigenvalue weighted by Crippen LogP contribution is -2.32. The highest BCUT2D eigenvalue weighted by Crippen LogP contribution is 2.25. The third-order valence-corrected chi connectivity index (χ3v) is 6.26. The van der Waals surface area contributed by atoms with Crippen LogP contribution in [0.3, 0.4) is 0 Å².